The molecule has 0 amide bonds. The fraction of sp³-hybridized carbons (Fsp3) is 0.652. The van der Waals surface area contributed by atoms with Crippen molar-refractivity contribution in [2.24, 2.45) is 11.3 Å². The molecule has 0 bridgehead atoms. The second-order valence-electron chi connectivity index (χ2n) is 8.76. The monoisotopic (exact) mass is 358 g/mol. The Hall–Kier alpha value is -1.64. The van der Waals surface area contributed by atoms with Crippen LogP contribution in [0.15, 0.2) is 34.4 Å². The van der Waals surface area contributed by atoms with Crippen molar-refractivity contribution in [3.8, 4) is 0 Å². The van der Waals surface area contributed by atoms with Gasteiger partial charge in [-0.15, -0.1) is 0 Å². The SMILES string of the molecule is C=C1CC(C)(C)CC(=O)/C1=C(/C(C(=O)OCC)=C(C)C)C1CCCCC1. The minimum Gasteiger partial charge on any atom is -0.462 e. The number of allylic oxidation sites excluding steroid dienone is 3. The lowest BCUT2D eigenvalue weighted by atomic mass is 9.68. The Balaban J connectivity index is 2.64. The van der Waals surface area contributed by atoms with Crippen LogP contribution in [0.2, 0.25) is 0 Å². The number of hydrogen-bond acceptors (Lipinski definition) is 3. The number of ether oxygens (including phenoxy) is 1. The zero-order chi connectivity index (χ0) is 19.5. The van der Waals surface area contributed by atoms with Crippen LogP contribution < -0.4 is 0 Å². The molecule has 3 heteroatoms. The topological polar surface area (TPSA) is 43.4 Å². The zero-order valence-corrected chi connectivity index (χ0v) is 17.2. The summed E-state index contributed by atoms with van der Waals surface area (Å²) in [5.41, 5.74) is 4.00. The molecular formula is C23H34O3. The van der Waals surface area contributed by atoms with Gasteiger partial charge in [0.15, 0.2) is 5.78 Å². The smallest absolute Gasteiger partial charge is 0.338 e. The first kappa shape index (κ1) is 20.7. The van der Waals surface area contributed by atoms with Crippen LogP contribution in [0.4, 0.5) is 0 Å². The molecule has 0 spiro atoms. The molecule has 2 aliphatic rings. The third-order valence-corrected chi connectivity index (χ3v) is 5.50. The molecule has 0 aromatic heterocycles. The maximum atomic E-state index is 13.1. The van der Waals surface area contributed by atoms with Crippen molar-refractivity contribution in [1.82, 2.24) is 0 Å². The second kappa shape index (κ2) is 8.37. The third kappa shape index (κ3) is 4.55. The molecule has 144 valence electrons. The van der Waals surface area contributed by atoms with E-state index in [1.807, 2.05) is 20.8 Å². The predicted molar refractivity (Wildman–Crippen MR) is 106 cm³/mol. The van der Waals surface area contributed by atoms with Gasteiger partial charge in [-0.2, -0.15) is 0 Å². The maximum absolute atomic E-state index is 13.1. The Morgan fingerprint density at radius 2 is 1.77 bits per heavy atom. The summed E-state index contributed by atoms with van der Waals surface area (Å²) >= 11 is 0. The van der Waals surface area contributed by atoms with E-state index in [4.69, 9.17) is 4.74 Å². The summed E-state index contributed by atoms with van der Waals surface area (Å²) in [6, 6.07) is 0. The Kier molecular flexibility index (Phi) is 6.65. The third-order valence-electron chi connectivity index (χ3n) is 5.50. The van der Waals surface area contributed by atoms with Crippen LogP contribution in [0, 0.1) is 11.3 Å². The summed E-state index contributed by atoms with van der Waals surface area (Å²) in [7, 11) is 0. The van der Waals surface area contributed by atoms with E-state index in [-0.39, 0.29) is 23.1 Å². The molecule has 26 heavy (non-hydrogen) atoms. The van der Waals surface area contributed by atoms with Gasteiger partial charge < -0.3 is 4.74 Å². The van der Waals surface area contributed by atoms with Crippen LogP contribution in [-0.2, 0) is 14.3 Å². The van der Waals surface area contributed by atoms with Crippen molar-refractivity contribution in [3.05, 3.63) is 34.4 Å². The summed E-state index contributed by atoms with van der Waals surface area (Å²) < 4.78 is 5.37. The first-order valence-electron chi connectivity index (χ1n) is 9.98. The number of ketones is 1. The Morgan fingerprint density at radius 1 is 1.15 bits per heavy atom. The van der Waals surface area contributed by atoms with Gasteiger partial charge in [0.25, 0.3) is 0 Å². The average Bonchev–Trinajstić information content (AvgIpc) is 2.52. The molecule has 0 aliphatic heterocycles. The van der Waals surface area contributed by atoms with Gasteiger partial charge in [-0.1, -0.05) is 45.3 Å². The summed E-state index contributed by atoms with van der Waals surface area (Å²) in [5, 5.41) is 0. The van der Waals surface area contributed by atoms with E-state index in [0.717, 1.165) is 54.4 Å². The molecule has 0 unspecified atom stereocenters. The fourth-order valence-electron chi connectivity index (χ4n) is 4.50. The largest absolute Gasteiger partial charge is 0.462 e. The molecule has 2 rings (SSSR count). The van der Waals surface area contributed by atoms with Crippen LogP contribution in [0.3, 0.4) is 0 Å². The first-order valence-corrected chi connectivity index (χ1v) is 9.98. The maximum Gasteiger partial charge on any atom is 0.338 e. The molecule has 2 aliphatic carbocycles. The zero-order valence-electron chi connectivity index (χ0n) is 17.2. The Bertz CT molecular complexity index is 629. The van der Waals surface area contributed by atoms with Crippen LogP contribution in [0.1, 0.15) is 79.6 Å². The summed E-state index contributed by atoms with van der Waals surface area (Å²) in [6.45, 7) is 14.5. The molecule has 0 atom stereocenters. The molecule has 0 heterocycles. The Labute approximate surface area is 158 Å². The van der Waals surface area contributed by atoms with Crippen LogP contribution in [-0.4, -0.2) is 18.4 Å². The predicted octanol–water partition coefficient (Wildman–Crippen LogP) is 5.71. The average molecular weight is 359 g/mol. The molecule has 0 N–H and O–H groups in total. The fourth-order valence-corrected chi connectivity index (χ4v) is 4.50. The summed E-state index contributed by atoms with van der Waals surface area (Å²) in [6.07, 6.45) is 6.88. The van der Waals surface area contributed by atoms with Gasteiger partial charge >= 0.3 is 5.97 Å². The molecule has 0 saturated heterocycles. The number of esters is 1. The first-order chi connectivity index (χ1) is 12.2. The van der Waals surface area contributed by atoms with E-state index in [1.54, 1.807) is 0 Å². The number of hydrogen-bond donors (Lipinski definition) is 0. The van der Waals surface area contributed by atoms with Crippen LogP contribution >= 0.6 is 0 Å². The molecule has 2 fully saturated rings. The normalized spacial score (nSPS) is 22.8. The number of rotatable bonds is 4. The van der Waals surface area contributed by atoms with Crippen molar-refractivity contribution in [2.45, 2.75) is 79.6 Å². The molecule has 0 aromatic rings. The van der Waals surface area contributed by atoms with E-state index in [9.17, 15) is 9.59 Å². The lowest BCUT2D eigenvalue weighted by Crippen LogP contribution is -2.30. The van der Waals surface area contributed by atoms with Gasteiger partial charge in [0.05, 0.1) is 12.2 Å². The van der Waals surface area contributed by atoms with E-state index >= 15 is 0 Å². The highest BCUT2D eigenvalue weighted by molar-refractivity contribution is 6.06. The van der Waals surface area contributed by atoms with Crippen molar-refractivity contribution in [2.75, 3.05) is 6.61 Å². The van der Waals surface area contributed by atoms with Crippen molar-refractivity contribution in [1.29, 1.82) is 0 Å². The highest BCUT2D eigenvalue weighted by Crippen LogP contribution is 2.45. The summed E-state index contributed by atoms with van der Waals surface area (Å²) in [5.74, 6) is 0.0795. The lowest BCUT2D eigenvalue weighted by molar-refractivity contribution is -0.138. The molecule has 3 nitrogen and oxygen atoms in total. The quantitative estimate of drug-likeness (QED) is 0.477. The Morgan fingerprint density at radius 3 is 2.27 bits per heavy atom. The van der Waals surface area contributed by atoms with Gasteiger partial charge in [-0.05, 0) is 62.5 Å². The lowest BCUT2D eigenvalue weighted by Gasteiger charge is -2.35. The number of Topliss-reactive ketones (excluding diaryl/α,β-unsaturated/α-hetero) is 1. The van der Waals surface area contributed by atoms with Crippen LogP contribution in [0.25, 0.3) is 0 Å². The van der Waals surface area contributed by atoms with Gasteiger partial charge in [0, 0.05) is 12.0 Å². The van der Waals surface area contributed by atoms with Gasteiger partial charge in [-0.25, -0.2) is 4.79 Å². The minimum atomic E-state index is -0.300. The van der Waals surface area contributed by atoms with E-state index in [1.165, 1.54) is 6.42 Å². The second-order valence-corrected chi connectivity index (χ2v) is 8.76. The number of carbonyl (C=O) groups excluding carboxylic acids is 2. The summed E-state index contributed by atoms with van der Waals surface area (Å²) in [4.78, 5) is 25.9. The molecule has 0 radical (unpaired) electrons. The van der Waals surface area contributed by atoms with E-state index < -0.39 is 0 Å². The molecular weight excluding hydrogens is 324 g/mol. The molecule has 2 saturated carbocycles. The standard InChI is InChI=1S/C23H34O3/c1-7-26-22(25)19(15(2)3)21(17-11-9-8-10-12-17)20-16(4)13-23(5,6)14-18(20)24/h17H,4,7-14H2,1-3,5-6H3/b21-20+. The van der Waals surface area contributed by atoms with Gasteiger partial charge in [-0.3, -0.25) is 4.79 Å². The molecule has 0 aromatic carbocycles. The van der Waals surface area contributed by atoms with Crippen LogP contribution in [0.5, 0.6) is 0 Å². The highest BCUT2D eigenvalue weighted by Gasteiger charge is 2.38. The van der Waals surface area contributed by atoms with E-state index in [0.29, 0.717) is 18.6 Å². The van der Waals surface area contributed by atoms with E-state index in [2.05, 4.69) is 20.4 Å². The van der Waals surface area contributed by atoms with Gasteiger partial charge in [0.1, 0.15) is 0 Å². The minimum absolute atomic E-state index is 0.0651. The van der Waals surface area contributed by atoms with Gasteiger partial charge in [0.2, 0.25) is 0 Å². The number of carbonyl (C=O) groups is 2. The highest BCUT2D eigenvalue weighted by atomic mass is 16.5. The van der Waals surface area contributed by atoms with Crippen molar-refractivity contribution < 1.29 is 14.3 Å². The van der Waals surface area contributed by atoms with Crippen molar-refractivity contribution in [3.63, 3.8) is 0 Å². The van der Waals surface area contributed by atoms with Crippen molar-refractivity contribution >= 4 is 11.8 Å².